The van der Waals surface area contributed by atoms with Gasteiger partial charge >= 0.3 is 0 Å². The van der Waals surface area contributed by atoms with E-state index in [0.29, 0.717) is 12.2 Å². The van der Waals surface area contributed by atoms with Crippen LogP contribution in [0.5, 0.6) is 0 Å². The smallest absolute Gasteiger partial charge is 0.249 e. The van der Waals surface area contributed by atoms with E-state index in [2.05, 4.69) is 10.4 Å². The average molecular weight is 351 g/mol. The van der Waals surface area contributed by atoms with Crippen molar-refractivity contribution in [1.82, 2.24) is 9.78 Å². The Labute approximate surface area is 138 Å². The summed E-state index contributed by atoms with van der Waals surface area (Å²) < 4.78 is 24.9. The largest absolute Gasteiger partial charge is 0.307 e. The summed E-state index contributed by atoms with van der Waals surface area (Å²) in [7, 11) is -3.01. The number of hydrogen-bond acceptors (Lipinski definition) is 5. The molecule has 3 heterocycles. The maximum atomic E-state index is 12.1. The van der Waals surface area contributed by atoms with Crippen LogP contribution in [-0.2, 0) is 14.6 Å². The van der Waals surface area contributed by atoms with Crippen molar-refractivity contribution in [2.75, 3.05) is 16.8 Å². The quantitative estimate of drug-likeness (QED) is 0.857. The van der Waals surface area contributed by atoms with Gasteiger partial charge in [-0.3, -0.25) is 4.79 Å². The van der Waals surface area contributed by atoms with Crippen molar-refractivity contribution in [3.05, 3.63) is 40.2 Å². The summed E-state index contributed by atoms with van der Waals surface area (Å²) in [5.41, 5.74) is 0.742. The molecular weight excluding hydrogens is 334 g/mol. The number of thiophene rings is 1. The zero-order valence-electron chi connectivity index (χ0n) is 12.6. The van der Waals surface area contributed by atoms with Crippen LogP contribution in [0.1, 0.15) is 23.0 Å². The van der Waals surface area contributed by atoms with Crippen molar-refractivity contribution < 1.29 is 13.2 Å². The number of carbonyl (C=O) groups is 1. The molecule has 1 atom stereocenters. The molecule has 2 aromatic rings. The van der Waals surface area contributed by atoms with Gasteiger partial charge in [-0.1, -0.05) is 6.07 Å². The van der Waals surface area contributed by atoms with Crippen LogP contribution in [0, 0.1) is 6.92 Å². The van der Waals surface area contributed by atoms with Crippen LogP contribution in [-0.4, -0.2) is 35.6 Å². The molecule has 0 spiro atoms. The van der Waals surface area contributed by atoms with Crippen molar-refractivity contribution in [3.8, 4) is 0 Å². The Balaban J connectivity index is 1.74. The Bertz CT molecular complexity index is 835. The minimum Gasteiger partial charge on any atom is -0.307 e. The normalized spacial score (nSPS) is 20.1. The first-order chi connectivity index (χ1) is 10.9. The summed E-state index contributed by atoms with van der Waals surface area (Å²) in [6, 6.07) is 5.38. The number of nitrogens with one attached hydrogen (secondary N) is 1. The summed E-state index contributed by atoms with van der Waals surface area (Å²) in [5, 5.41) is 9.06. The summed E-state index contributed by atoms with van der Waals surface area (Å²) in [6.45, 7) is 1.82. The lowest BCUT2D eigenvalue weighted by Crippen LogP contribution is -2.18. The average Bonchev–Trinajstić information content (AvgIpc) is 3.17. The van der Waals surface area contributed by atoms with Gasteiger partial charge in [0.05, 0.1) is 23.2 Å². The fourth-order valence-corrected chi connectivity index (χ4v) is 4.88. The number of amides is 1. The molecule has 1 N–H and O–H groups in total. The molecular formula is C15H17N3O3S2. The third-order valence-electron chi connectivity index (χ3n) is 3.61. The molecule has 1 aliphatic rings. The van der Waals surface area contributed by atoms with Gasteiger partial charge < -0.3 is 5.32 Å². The van der Waals surface area contributed by atoms with E-state index in [4.69, 9.17) is 0 Å². The molecule has 23 heavy (non-hydrogen) atoms. The summed E-state index contributed by atoms with van der Waals surface area (Å²) in [5.74, 6) is 0.510. The second-order valence-electron chi connectivity index (χ2n) is 5.51. The maximum absolute atomic E-state index is 12.1. The first kappa shape index (κ1) is 15.9. The predicted octanol–water partition coefficient (Wildman–Crippen LogP) is 2.26. The van der Waals surface area contributed by atoms with Crippen LogP contribution in [0.15, 0.2) is 29.7 Å². The molecule has 1 aliphatic heterocycles. The molecule has 0 bridgehead atoms. The van der Waals surface area contributed by atoms with E-state index in [1.807, 2.05) is 24.4 Å². The number of aromatic nitrogens is 2. The van der Waals surface area contributed by atoms with Crippen molar-refractivity contribution in [2.45, 2.75) is 19.4 Å². The minimum absolute atomic E-state index is 0.0715. The molecule has 0 radical (unpaired) electrons. The standard InChI is InChI=1S/C15H17N3O3S2/c1-11-9-14(16-15(19)5-4-13-3-2-7-22-13)18(17-11)12-6-8-23(20,21)10-12/h2-5,7,9,12H,6,8,10H2,1H3,(H,16,19)/b5-4+. The molecule has 1 unspecified atom stereocenters. The maximum Gasteiger partial charge on any atom is 0.249 e. The lowest BCUT2D eigenvalue weighted by atomic mass is 10.3. The Morgan fingerprint density at radius 3 is 3.00 bits per heavy atom. The highest BCUT2D eigenvalue weighted by atomic mass is 32.2. The predicted molar refractivity (Wildman–Crippen MR) is 91.3 cm³/mol. The van der Waals surface area contributed by atoms with E-state index in [1.54, 1.807) is 28.2 Å². The molecule has 0 aromatic carbocycles. The van der Waals surface area contributed by atoms with Gasteiger partial charge in [0.25, 0.3) is 0 Å². The highest BCUT2D eigenvalue weighted by molar-refractivity contribution is 7.91. The zero-order chi connectivity index (χ0) is 16.4. The van der Waals surface area contributed by atoms with Gasteiger partial charge in [-0.15, -0.1) is 11.3 Å². The highest BCUT2D eigenvalue weighted by Gasteiger charge is 2.31. The molecule has 8 heteroatoms. The van der Waals surface area contributed by atoms with Crippen LogP contribution in [0.3, 0.4) is 0 Å². The topological polar surface area (TPSA) is 81.1 Å². The van der Waals surface area contributed by atoms with Crippen molar-refractivity contribution in [3.63, 3.8) is 0 Å². The molecule has 0 saturated carbocycles. The van der Waals surface area contributed by atoms with Gasteiger partial charge in [0.15, 0.2) is 9.84 Å². The molecule has 1 saturated heterocycles. The van der Waals surface area contributed by atoms with E-state index in [1.165, 1.54) is 6.08 Å². The Morgan fingerprint density at radius 1 is 1.52 bits per heavy atom. The second kappa shape index (κ2) is 6.29. The Kier molecular flexibility index (Phi) is 4.36. The van der Waals surface area contributed by atoms with E-state index < -0.39 is 9.84 Å². The van der Waals surface area contributed by atoms with Crippen LogP contribution in [0.25, 0.3) is 6.08 Å². The number of carbonyl (C=O) groups excluding carboxylic acids is 1. The number of nitrogens with zero attached hydrogens (tertiary/aromatic N) is 2. The van der Waals surface area contributed by atoms with E-state index in [-0.39, 0.29) is 23.5 Å². The third-order valence-corrected chi connectivity index (χ3v) is 6.19. The van der Waals surface area contributed by atoms with Gasteiger partial charge in [0.2, 0.25) is 5.91 Å². The lowest BCUT2D eigenvalue weighted by Gasteiger charge is -2.13. The molecule has 3 rings (SSSR count). The summed E-state index contributed by atoms with van der Waals surface area (Å²) in [4.78, 5) is 13.1. The van der Waals surface area contributed by atoms with Crippen LogP contribution >= 0.6 is 11.3 Å². The van der Waals surface area contributed by atoms with Crippen LogP contribution in [0.4, 0.5) is 5.82 Å². The molecule has 1 amide bonds. The summed E-state index contributed by atoms with van der Waals surface area (Å²) >= 11 is 1.55. The second-order valence-corrected chi connectivity index (χ2v) is 8.72. The number of aryl methyl sites for hydroxylation is 1. The molecule has 1 fully saturated rings. The highest BCUT2D eigenvalue weighted by Crippen LogP contribution is 2.27. The van der Waals surface area contributed by atoms with Gasteiger partial charge in [0, 0.05) is 17.0 Å². The molecule has 2 aromatic heterocycles. The number of sulfone groups is 1. The van der Waals surface area contributed by atoms with Gasteiger partial charge in [-0.2, -0.15) is 5.10 Å². The van der Waals surface area contributed by atoms with Crippen molar-refractivity contribution in [1.29, 1.82) is 0 Å². The van der Waals surface area contributed by atoms with Gasteiger partial charge in [0.1, 0.15) is 5.82 Å². The molecule has 122 valence electrons. The Morgan fingerprint density at radius 2 is 2.35 bits per heavy atom. The minimum atomic E-state index is -3.01. The number of rotatable bonds is 4. The number of hydrogen-bond donors (Lipinski definition) is 1. The summed E-state index contributed by atoms with van der Waals surface area (Å²) in [6.07, 6.45) is 3.73. The van der Waals surface area contributed by atoms with Crippen molar-refractivity contribution >= 4 is 39.0 Å². The Hall–Kier alpha value is -1.93. The number of anilines is 1. The van der Waals surface area contributed by atoms with E-state index in [9.17, 15) is 13.2 Å². The van der Waals surface area contributed by atoms with E-state index in [0.717, 1.165) is 10.6 Å². The van der Waals surface area contributed by atoms with Crippen molar-refractivity contribution in [2.24, 2.45) is 0 Å². The van der Waals surface area contributed by atoms with Gasteiger partial charge in [-0.25, -0.2) is 13.1 Å². The lowest BCUT2D eigenvalue weighted by molar-refractivity contribution is -0.111. The molecule has 0 aliphatic carbocycles. The molecule has 6 nitrogen and oxygen atoms in total. The van der Waals surface area contributed by atoms with E-state index >= 15 is 0 Å². The zero-order valence-corrected chi connectivity index (χ0v) is 14.2. The van der Waals surface area contributed by atoms with Gasteiger partial charge in [-0.05, 0) is 30.9 Å². The fourth-order valence-electron chi connectivity index (χ4n) is 2.57. The first-order valence-corrected chi connectivity index (χ1v) is 9.92. The SMILES string of the molecule is Cc1cc(NC(=O)/C=C/c2cccs2)n(C2CCS(=O)(=O)C2)n1. The van der Waals surface area contributed by atoms with Crippen LogP contribution < -0.4 is 5.32 Å². The monoisotopic (exact) mass is 351 g/mol. The third kappa shape index (κ3) is 3.89. The fraction of sp³-hybridized carbons (Fsp3) is 0.333. The van der Waals surface area contributed by atoms with Crippen LogP contribution in [0.2, 0.25) is 0 Å². The first-order valence-electron chi connectivity index (χ1n) is 7.22.